The average Bonchev–Trinajstić information content (AvgIpc) is 3.81. The SMILES string of the molecule is COc1c(C)cc(C)cc1-c1nc2c(-c3cc(-c4ccccc4)cc(-c4cc(-c5ccc(-c6ccccc6)cc5)ccn4)c3)cccc2n1-c1cc(-c2ccccc2)c(C(C)(C)C)cc1-c1ccccc1. The first-order chi connectivity index (χ1) is 34.6. The Morgan fingerprint density at radius 3 is 1.59 bits per heavy atom. The summed E-state index contributed by atoms with van der Waals surface area (Å²) >= 11 is 0. The second-order valence-corrected chi connectivity index (χ2v) is 19.5. The second kappa shape index (κ2) is 18.7. The molecule has 0 aliphatic carbocycles. The predicted molar refractivity (Wildman–Crippen MR) is 297 cm³/mol. The minimum atomic E-state index is -0.153. The summed E-state index contributed by atoms with van der Waals surface area (Å²) in [6, 6.07) is 78.5. The number of fused-ring (bicyclic) bond motifs is 1. The topological polar surface area (TPSA) is 39.9 Å². The van der Waals surface area contributed by atoms with Gasteiger partial charge in [0.25, 0.3) is 0 Å². The Kier molecular flexibility index (Phi) is 11.8. The maximum absolute atomic E-state index is 6.30. The van der Waals surface area contributed by atoms with Gasteiger partial charge in [-0.15, -0.1) is 0 Å². The fraction of sp³-hybridized carbons (Fsp3) is 0.104. The fourth-order valence-corrected chi connectivity index (χ4v) is 10.2. The number of hydrogen-bond donors (Lipinski definition) is 0. The lowest BCUT2D eigenvalue weighted by molar-refractivity contribution is 0.413. The number of aryl methyl sites for hydroxylation is 2. The first kappa shape index (κ1) is 44.9. The lowest BCUT2D eigenvalue weighted by Crippen LogP contribution is -2.14. The maximum atomic E-state index is 6.30. The van der Waals surface area contributed by atoms with Crippen LogP contribution in [0.25, 0.3) is 106 Å². The van der Waals surface area contributed by atoms with Crippen LogP contribution in [0.15, 0.2) is 225 Å². The number of aromatic nitrogens is 3. The molecule has 0 saturated heterocycles. The highest BCUT2D eigenvalue weighted by molar-refractivity contribution is 5.99. The Labute approximate surface area is 417 Å². The van der Waals surface area contributed by atoms with E-state index in [0.717, 1.165) is 101 Å². The molecule has 344 valence electrons. The van der Waals surface area contributed by atoms with Crippen molar-refractivity contribution in [3.05, 3.63) is 241 Å². The zero-order valence-corrected chi connectivity index (χ0v) is 41.1. The van der Waals surface area contributed by atoms with Crippen LogP contribution < -0.4 is 4.74 Å². The lowest BCUT2D eigenvalue weighted by atomic mass is 9.79. The molecule has 0 amide bonds. The van der Waals surface area contributed by atoms with Gasteiger partial charge in [-0.05, 0) is 146 Å². The third-order valence-electron chi connectivity index (χ3n) is 13.6. The van der Waals surface area contributed by atoms with Crippen LogP contribution in [0.1, 0.15) is 37.5 Å². The number of methoxy groups -OCH3 is 1. The van der Waals surface area contributed by atoms with Gasteiger partial charge in [-0.2, -0.15) is 0 Å². The van der Waals surface area contributed by atoms with Crippen molar-refractivity contribution >= 4 is 11.0 Å². The van der Waals surface area contributed by atoms with E-state index in [4.69, 9.17) is 14.7 Å². The third-order valence-corrected chi connectivity index (χ3v) is 13.6. The number of benzene rings is 9. The van der Waals surface area contributed by atoms with E-state index >= 15 is 0 Å². The van der Waals surface area contributed by atoms with E-state index in [9.17, 15) is 0 Å². The van der Waals surface area contributed by atoms with Crippen LogP contribution in [-0.4, -0.2) is 21.6 Å². The van der Waals surface area contributed by atoms with Crippen LogP contribution >= 0.6 is 0 Å². The molecule has 2 aromatic heterocycles. The Balaban J connectivity index is 1.17. The zero-order chi connectivity index (χ0) is 48.6. The molecule has 0 fully saturated rings. The molecule has 0 spiro atoms. The Hall–Kier alpha value is -8.60. The molecular formula is C67H55N3O. The van der Waals surface area contributed by atoms with Crippen molar-refractivity contribution in [2.45, 2.75) is 40.0 Å². The van der Waals surface area contributed by atoms with Crippen LogP contribution in [0.2, 0.25) is 0 Å². The van der Waals surface area contributed by atoms with Gasteiger partial charge in [0.1, 0.15) is 11.6 Å². The summed E-state index contributed by atoms with van der Waals surface area (Å²) in [6.07, 6.45) is 1.93. The summed E-state index contributed by atoms with van der Waals surface area (Å²) in [5, 5.41) is 0. The van der Waals surface area contributed by atoms with Gasteiger partial charge in [0.05, 0.1) is 35.1 Å². The van der Waals surface area contributed by atoms with Crippen molar-refractivity contribution in [3.63, 3.8) is 0 Å². The standard InChI is InChI=1S/C67H55N3O/c1-44-36-45(2)65(71-6)59(37-44)66-69-64-56(28-19-29-62(64)70(66)63-43-57(50-24-15-9-16-25-50)60(67(3,4)5)42-58(63)51-26-17-10-18-27-51)54-38-53(47-22-13-8-14-23-47)39-55(40-54)61-41-52(34-35-68-61)49-32-30-48(31-33-49)46-20-11-7-12-21-46/h7-43H,1-6H3. The summed E-state index contributed by atoms with van der Waals surface area (Å²) in [7, 11) is 1.76. The van der Waals surface area contributed by atoms with Crippen molar-refractivity contribution < 1.29 is 4.74 Å². The van der Waals surface area contributed by atoms with Crippen LogP contribution in [0.3, 0.4) is 0 Å². The van der Waals surface area contributed by atoms with Gasteiger partial charge < -0.3 is 4.74 Å². The maximum Gasteiger partial charge on any atom is 0.149 e. The first-order valence-electron chi connectivity index (χ1n) is 24.4. The quantitative estimate of drug-likeness (QED) is 0.137. The monoisotopic (exact) mass is 917 g/mol. The van der Waals surface area contributed by atoms with Gasteiger partial charge in [0, 0.05) is 22.9 Å². The number of imidazole rings is 1. The molecule has 2 heterocycles. The highest BCUT2D eigenvalue weighted by Gasteiger charge is 2.27. The summed E-state index contributed by atoms with van der Waals surface area (Å²) in [6.45, 7) is 11.2. The Bertz CT molecular complexity index is 3700. The molecule has 0 aliphatic rings. The number of hydrogen-bond acceptors (Lipinski definition) is 3. The van der Waals surface area contributed by atoms with E-state index in [1.807, 2.05) is 6.20 Å². The third kappa shape index (κ3) is 8.74. The molecular weight excluding hydrogens is 863 g/mol. The van der Waals surface area contributed by atoms with Gasteiger partial charge in [0.2, 0.25) is 0 Å². The number of ether oxygens (including phenoxy) is 1. The van der Waals surface area contributed by atoms with Crippen LogP contribution in [-0.2, 0) is 5.41 Å². The van der Waals surface area contributed by atoms with Crippen molar-refractivity contribution in [1.82, 2.24) is 14.5 Å². The van der Waals surface area contributed by atoms with Crippen molar-refractivity contribution in [2.24, 2.45) is 0 Å². The zero-order valence-electron chi connectivity index (χ0n) is 41.1. The molecule has 0 bridgehead atoms. The molecule has 4 nitrogen and oxygen atoms in total. The van der Waals surface area contributed by atoms with E-state index in [0.29, 0.717) is 0 Å². The van der Waals surface area contributed by atoms with E-state index in [1.54, 1.807) is 7.11 Å². The molecule has 11 aromatic rings. The number of pyridine rings is 1. The summed E-state index contributed by atoms with van der Waals surface area (Å²) in [5.74, 6) is 1.61. The predicted octanol–water partition coefficient (Wildman–Crippen LogP) is 17.7. The number of nitrogens with zero attached hydrogens (tertiary/aromatic N) is 3. The Morgan fingerprint density at radius 1 is 0.423 bits per heavy atom. The molecule has 4 heteroatoms. The highest BCUT2D eigenvalue weighted by Crippen LogP contribution is 2.46. The molecule has 0 aliphatic heterocycles. The molecule has 0 N–H and O–H groups in total. The minimum Gasteiger partial charge on any atom is -0.496 e. The van der Waals surface area contributed by atoms with Crippen LogP contribution in [0, 0.1) is 13.8 Å². The van der Waals surface area contributed by atoms with Gasteiger partial charge in [-0.25, -0.2) is 4.98 Å². The molecule has 0 unspecified atom stereocenters. The summed E-state index contributed by atoms with van der Waals surface area (Å²) in [5.41, 5.74) is 22.6. The van der Waals surface area contributed by atoms with Crippen LogP contribution in [0.5, 0.6) is 5.75 Å². The Morgan fingerprint density at radius 2 is 0.972 bits per heavy atom. The summed E-state index contributed by atoms with van der Waals surface area (Å²) in [4.78, 5) is 10.8. The molecule has 11 rings (SSSR count). The van der Waals surface area contributed by atoms with Crippen molar-refractivity contribution in [2.75, 3.05) is 7.11 Å². The average molecular weight is 918 g/mol. The molecule has 0 radical (unpaired) electrons. The minimum absolute atomic E-state index is 0.153. The lowest BCUT2D eigenvalue weighted by Gasteiger charge is -2.27. The van der Waals surface area contributed by atoms with Crippen LogP contribution in [0.4, 0.5) is 0 Å². The number of para-hydroxylation sites is 1. The largest absolute Gasteiger partial charge is 0.496 e. The normalized spacial score (nSPS) is 11.5. The van der Waals surface area contributed by atoms with E-state index in [-0.39, 0.29) is 5.41 Å². The molecule has 9 aromatic carbocycles. The van der Waals surface area contributed by atoms with Gasteiger partial charge >= 0.3 is 0 Å². The first-order valence-corrected chi connectivity index (χ1v) is 24.4. The highest BCUT2D eigenvalue weighted by atomic mass is 16.5. The smallest absolute Gasteiger partial charge is 0.149 e. The summed E-state index contributed by atoms with van der Waals surface area (Å²) < 4.78 is 8.68. The van der Waals surface area contributed by atoms with Crippen molar-refractivity contribution in [3.8, 4) is 101 Å². The van der Waals surface area contributed by atoms with Gasteiger partial charge in [0.15, 0.2) is 0 Å². The van der Waals surface area contributed by atoms with E-state index in [1.165, 1.54) is 27.8 Å². The van der Waals surface area contributed by atoms with E-state index < -0.39 is 0 Å². The van der Waals surface area contributed by atoms with E-state index in [2.05, 4.69) is 258 Å². The fourth-order valence-electron chi connectivity index (χ4n) is 10.2. The molecule has 0 atom stereocenters. The second-order valence-electron chi connectivity index (χ2n) is 19.5. The molecule has 0 saturated carbocycles. The molecule has 71 heavy (non-hydrogen) atoms. The van der Waals surface area contributed by atoms with Gasteiger partial charge in [-0.1, -0.05) is 185 Å². The number of rotatable bonds is 10. The van der Waals surface area contributed by atoms with Gasteiger partial charge in [-0.3, -0.25) is 9.55 Å². The van der Waals surface area contributed by atoms with Crippen molar-refractivity contribution in [1.29, 1.82) is 0 Å².